The monoisotopic (exact) mass is 382 g/mol. The van der Waals surface area contributed by atoms with Crippen LogP contribution >= 0.6 is 11.6 Å². The Morgan fingerprint density at radius 1 is 1.38 bits per heavy atom. The van der Waals surface area contributed by atoms with Crippen LogP contribution in [0.1, 0.15) is 36.5 Å². The summed E-state index contributed by atoms with van der Waals surface area (Å²) < 4.78 is 19.4. The van der Waals surface area contributed by atoms with E-state index >= 15 is 0 Å². The van der Waals surface area contributed by atoms with Crippen LogP contribution in [0.3, 0.4) is 0 Å². The first-order chi connectivity index (χ1) is 12.2. The fourth-order valence-electron chi connectivity index (χ4n) is 2.46. The third-order valence-electron chi connectivity index (χ3n) is 3.76. The summed E-state index contributed by atoms with van der Waals surface area (Å²) in [7, 11) is 1.27. The third-order valence-corrected chi connectivity index (χ3v) is 4.05. The molecule has 0 aliphatic heterocycles. The van der Waals surface area contributed by atoms with Crippen molar-refractivity contribution >= 4 is 23.5 Å². The zero-order valence-electron chi connectivity index (χ0n) is 14.9. The maximum atomic E-state index is 13.3. The van der Waals surface area contributed by atoms with E-state index in [0.717, 1.165) is 0 Å². The molecule has 1 unspecified atom stereocenters. The van der Waals surface area contributed by atoms with Crippen LogP contribution in [0, 0.1) is 18.7 Å². The minimum atomic E-state index is -0.780. The van der Waals surface area contributed by atoms with Gasteiger partial charge in [0.05, 0.1) is 23.5 Å². The summed E-state index contributed by atoms with van der Waals surface area (Å²) in [6.07, 6.45) is 0.430. The molecule has 0 radical (unpaired) electrons. The molecular weight excluding hydrogens is 363 g/mol. The summed E-state index contributed by atoms with van der Waals surface area (Å²) in [5, 5.41) is 10.4. The topological polar surface area (TPSA) is 86.1 Å². The van der Waals surface area contributed by atoms with E-state index in [2.05, 4.69) is 15.6 Å². The van der Waals surface area contributed by atoms with Crippen LogP contribution in [-0.2, 0) is 9.53 Å². The first kappa shape index (κ1) is 19.8. The second kappa shape index (κ2) is 8.27. The molecule has 1 aromatic heterocycles. The molecule has 1 amide bonds. The molecule has 1 atom stereocenters. The lowest BCUT2D eigenvalue weighted by molar-refractivity contribution is -0.143. The van der Waals surface area contributed by atoms with Crippen molar-refractivity contribution in [3.63, 3.8) is 0 Å². The smallest absolute Gasteiger partial charge is 0.328 e. The van der Waals surface area contributed by atoms with Crippen LogP contribution in [0.2, 0.25) is 5.02 Å². The highest BCUT2D eigenvalue weighted by atomic mass is 35.5. The Labute approximate surface area is 155 Å². The number of carbonyl (C=O) groups excluding carboxylic acids is 2. The van der Waals surface area contributed by atoms with Crippen molar-refractivity contribution < 1.29 is 18.7 Å². The Bertz CT molecular complexity index is 822. The van der Waals surface area contributed by atoms with Gasteiger partial charge in [-0.1, -0.05) is 30.7 Å². The summed E-state index contributed by atoms with van der Waals surface area (Å²) in [6, 6.07) is 3.28. The predicted octanol–water partition coefficient (Wildman–Crippen LogP) is 2.69. The molecule has 7 nitrogen and oxygen atoms in total. The van der Waals surface area contributed by atoms with Gasteiger partial charge < -0.3 is 10.1 Å². The SMILES string of the molecule is COC(=O)C(CC(C)C)NC(=O)c1nnn(-c2ccc(F)c(Cl)c2)c1C. The van der Waals surface area contributed by atoms with E-state index in [-0.39, 0.29) is 16.6 Å². The molecule has 1 aromatic carbocycles. The number of rotatable bonds is 6. The van der Waals surface area contributed by atoms with Gasteiger partial charge in [-0.05, 0) is 37.5 Å². The molecule has 0 fully saturated rings. The number of esters is 1. The molecule has 0 saturated carbocycles. The maximum Gasteiger partial charge on any atom is 0.328 e. The van der Waals surface area contributed by atoms with Gasteiger partial charge in [-0.3, -0.25) is 4.79 Å². The van der Waals surface area contributed by atoms with Gasteiger partial charge in [0.25, 0.3) is 5.91 Å². The molecule has 9 heteroatoms. The van der Waals surface area contributed by atoms with E-state index < -0.39 is 23.7 Å². The standard InChI is InChI=1S/C17H20ClFN4O3/c1-9(2)7-14(17(25)26-4)20-16(24)15-10(3)23(22-21-15)11-5-6-13(19)12(18)8-11/h5-6,8-9,14H,7H2,1-4H3,(H,20,24). The van der Waals surface area contributed by atoms with Gasteiger partial charge in [-0.25, -0.2) is 13.9 Å². The second-order valence-electron chi connectivity index (χ2n) is 6.21. The van der Waals surface area contributed by atoms with Gasteiger partial charge in [0.2, 0.25) is 0 Å². The number of methoxy groups -OCH3 is 1. The zero-order chi connectivity index (χ0) is 19.4. The molecule has 1 heterocycles. The number of carbonyl (C=O) groups is 2. The zero-order valence-corrected chi connectivity index (χ0v) is 15.7. The lowest BCUT2D eigenvalue weighted by Crippen LogP contribution is -2.42. The fourth-order valence-corrected chi connectivity index (χ4v) is 2.63. The van der Waals surface area contributed by atoms with Crippen molar-refractivity contribution in [3.05, 3.63) is 40.4 Å². The number of nitrogens with one attached hydrogen (secondary N) is 1. The lowest BCUT2D eigenvalue weighted by atomic mass is 10.0. The van der Waals surface area contributed by atoms with Gasteiger partial charge in [-0.2, -0.15) is 0 Å². The van der Waals surface area contributed by atoms with Crippen LogP contribution in [0.25, 0.3) is 5.69 Å². The predicted molar refractivity (Wildman–Crippen MR) is 93.8 cm³/mol. The Morgan fingerprint density at radius 3 is 2.65 bits per heavy atom. The summed E-state index contributed by atoms with van der Waals surface area (Å²) in [5.74, 6) is -1.45. The van der Waals surface area contributed by atoms with E-state index in [1.54, 1.807) is 6.92 Å². The number of amides is 1. The highest BCUT2D eigenvalue weighted by Crippen LogP contribution is 2.20. The minimum Gasteiger partial charge on any atom is -0.467 e. The van der Waals surface area contributed by atoms with E-state index in [1.807, 2.05) is 13.8 Å². The molecule has 0 aliphatic carbocycles. The molecule has 140 valence electrons. The van der Waals surface area contributed by atoms with Crippen LogP contribution in [0.15, 0.2) is 18.2 Å². The normalized spacial score (nSPS) is 12.1. The number of halogens is 2. The van der Waals surface area contributed by atoms with Crippen LogP contribution in [-0.4, -0.2) is 40.0 Å². The molecule has 2 rings (SSSR count). The van der Waals surface area contributed by atoms with Gasteiger partial charge in [0.1, 0.15) is 11.9 Å². The van der Waals surface area contributed by atoms with Crippen LogP contribution in [0.5, 0.6) is 0 Å². The molecule has 0 saturated heterocycles. The summed E-state index contributed by atoms with van der Waals surface area (Å²) in [6.45, 7) is 5.51. The number of hydrogen-bond donors (Lipinski definition) is 1. The fraction of sp³-hybridized carbons (Fsp3) is 0.412. The van der Waals surface area contributed by atoms with E-state index in [1.165, 1.54) is 30.0 Å². The number of aromatic nitrogens is 3. The molecular formula is C17H20ClFN4O3. The van der Waals surface area contributed by atoms with Gasteiger partial charge in [0.15, 0.2) is 5.69 Å². The molecule has 26 heavy (non-hydrogen) atoms. The number of benzene rings is 1. The maximum absolute atomic E-state index is 13.3. The Balaban J connectivity index is 2.26. The summed E-state index contributed by atoms with van der Waals surface area (Å²) in [5.41, 5.74) is 0.952. The average molecular weight is 383 g/mol. The quantitative estimate of drug-likeness (QED) is 0.776. The molecule has 1 N–H and O–H groups in total. The largest absolute Gasteiger partial charge is 0.467 e. The van der Waals surface area contributed by atoms with E-state index in [9.17, 15) is 14.0 Å². The van der Waals surface area contributed by atoms with Crippen LogP contribution < -0.4 is 5.32 Å². The summed E-state index contributed by atoms with van der Waals surface area (Å²) in [4.78, 5) is 24.4. The number of nitrogens with zero attached hydrogens (tertiary/aromatic N) is 3. The minimum absolute atomic E-state index is 0.0584. The highest BCUT2D eigenvalue weighted by Gasteiger charge is 2.26. The Hall–Kier alpha value is -2.48. The Morgan fingerprint density at radius 2 is 2.08 bits per heavy atom. The van der Waals surface area contributed by atoms with Gasteiger partial charge in [-0.15, -0.1) is 5.10 Å². The van der Waals surface area contributed by atoms with E-state index in [0.29, 0.717) is 17.8 Å². The third kappa shape index (κ3) is 4.37. The summed E-state index contributed by atoms with van der Waals surface area (Å²) >= 11 is 5.79. The Kier molecular flexibility index (Phi) is 6.31. The van der Waals surface area contributed by atoms with Crippen molar-refractivity contribution in [2.24, 2.45) is 5.92 Å². The molecule has 2 aromatic rings. The molecule has 0 bridgehead atoms. The highest BCUT2D eigenvalue weighted by molar-refractivity contribution is 6.30. The number of ether oxygens (including phenoxy) is 1. The van der Waals surface area contributed by atoms with Gasteiger partial charge in [0, 0.05) is 0 Å². The van der Waals surface area contributed by atoms with Crippen molar-refractivity contribution in [2.75, 3.05) is 7.11 Å². The first-order valence-corrected chi connectivity index (χ1v) is 8.38. The van der Waals surface area contributed by atoms with Crippen molar-refractivity contribution in [2.45, 2.75) is 33.2 Å². The van der Waals surface area contributed by atoms with Crippen molar-refractivity contribution in [3.8, 4) is 5.69 Å². The van der Waals surface area contributed by atoms with Crippen molar-refractivity contribution in [1.29, 1.82) is 0 Å². The average Bonchev–Trinajstić information content (AvgIpc) is 2.97. The van der Waals surface area contributed by atoms with E-state index in [4.69, 9.17) is 16.3 Å². The van der Waals surface area contributed by atoms with Crippen LogP contribution in [0.4, 0.5) is 4.39 Å². The van der Waals surface area contributed by atoms with Gasteiger partial charge >= 0.3 is 5.97 Å². The second-order valence-corrected chi connectivity index (χ2v) is 6.62. The number of hydrogen-bond acceptors (Lipinski definition) is 5. The molecule has 0 spiro atoms. The first-order valence-electron chi connectivity index (χ1n) is 8.01. The molecule has 0 aliphatic rings. The van der Waals surface area contributed by atoms with Crippen molar-refractivity contribution in [1.82, 2.24) is 20.3 Å². The lowest BCUT2D eigenvalue weighted by Gasteiger charge is -2.17.